The molecule has 0 unspecified atom stereocenters. The average Bonchev–Trinajstić information content (AvgIpc) is 2.16. The Bertz CT molecular complexity index is 371. The van der Waals surface area contributed by atoms with Gasteiger partial charge in [0.15, 0.2) is 0 Å². The molecule has 12 heavy (non-hydrogen) atoms. The van der Waals surface area contributed by atoms with Crippen LogP contribution >= 0.6 is 31.9 Å². The summed E-state index contributed by atoms with van der Waals surface area (Å²) in [6.45, 7) is 0. The summed E-state index contributed by atoms with van der Waals surface area (Å²) in [6, 6.07) is 5.88. The first-order chi connectivity index (χ1) is 5.83. The van der Waals surface area contributed by atoms with Crippen LogP contribution in [0.1, 0.15) is 0 Å². The number of hydrogen-bond acceptors (Lipinski definition) is 1. The van der Waals surface area contributed by atoms with E-state index in [4.69, 9.17) is 4.74 Å². The van der Waals surface area contributed by atoms with Gasteiger partial charge in [0.25, 0.3) is 0 Å². The van der Waals surface area contributed by atoms with E-state index in [-0.39, 0.29) is 0 Å². The lowest BCUT2D eigenvalue weighted by atomic mass is 10.2. The highest BCUT2D eigenvalue weighted by Gasteiger charge is 1.92. The van der Waals surface area contributed by atoms with Crippen molar-refractivity contribution < 1.29 is 4.74 Å². The lowest BCUT2D eigenvalue weighted by Gasteiger charge is -1.99. The lowest BCUT2D eigenvalue weighted by Crippen LogP contribution is -2.24. The molecule has 0 bridgehead atoms. The van der Waals surface area contributed by atoms with Crippen LogP contribution in [-0.4, -0.2) is 7.11 Å². The fourth-order valence-electron chi connectivity index (χ4n) is 0.951. The van der Waals surface area contributed by atoms with Crippen molar-refractivity contribution in [1.29, 1.82) is 0 Å². The van der Waals surface area contributed by atoms with Gasteiger partial charge < -0.3 is 4.74 Å². The smallest absolute Gasteiger partial charge is 0.127 e. The highest BCUT2D eigenvalue weighted by molar-refractivity contribution is 9.14. The summed E-state index contributed by atoms with van der Waals surface area (Å²) < 4.78 is 5.18. The van der Waals surface area contributed by atoms with E-state index in [2.05, 4.69) is 31.9 Å². The normalized spacial score (nSPS) is 13.6. The molecule has 3 heteroatoms. The standard InChI is InChI=1S/C9H8Br2O/c1-12-9-4-2-3-7(5-10)8(9)6-11/h2-6H,1H3/b7-5-,8-6+. The summed E-state index contributed by atoms with van der Waals surface area (Å²) in [7, 11) is 1.66. The molecule has 0 aliphatic heterocycles. The fourth-order valence-corrected chi connectivity index (χ4v) is 1.84. The largest absolute Gasteiger partial charge is 0.496 e. The molecule has 0 radical (unpaired) electrons. The van der Waals surface area contributed by atoms with Crippen LogP contribution in [0.5, 0.6) is 5.75 Å². The zero-order chi connectivity index (χ0) is 8.97. The van der Waals surface area contributed by atoms with Crippen LogP contribution in [0.15, 0.2) is 18.2 Å². The van der Waals surface area contributed by atoms with E-state index in [1.54, 1.807) is 7.11 Å². The Labute approximate surface area is 88.0 Å². The van der Waals surface area contributed by atoms with Crippen LogP contribution in [-0.2, 0) is 0 Å². The van der Waals surface area contributed by atoms with Crippen molar-refractivity contribution >= 4 is 41.8 Å². The van der Waals surface area contributed by atoms with E-state index < -0.39 is 0 Å². The summed E-state index contributed by atoms with van der Waals surface area (Å²) in [4.78, 5) is 3.71. The van der Waals surface area contributed by atoms with Crippen molar-refractivity contribution in [3.8, 4) is 5.75 Å². The number of benzene rings is 1. The molecule has 0 aromatic heterocycles. The Kier molecular flexibility index (Phi) is 3.82. The first-order valence-electron chi connectivity index (χ1n) is 3.37. The number of methoxy groups -OCH3 is 1. The van der Waals surface area contributed by atoms with Gasteiger partial charge in [-0.2, -0.15) is 0 Å². The van der Waals surface area contributed by atoms with E-state index >= 15 is 0 Å². The second kappa shape index (κ2) is 4.67. The zero-order valence-electron chi connectivity index (χ0n) is 6.55. The third-order valence-corrected chi connectivity index (χ3v) is 2.50. The molecule has 0 aliphatic rings. The van der Waals surface area contributed by atoms with Gasteiger partial charge in [-0.25, -0.2) is 0 Å². The van der Waals surface area contributed by atoms with E-state index in [1.807, 2.05) is 28.2 Å². The first kappa shape index (κ1) is 9.81. The Morgan fingerprint density at radius 2 is 2.00 bits per heavy atom. The molecule has 0 saturated heterocycles. The van der Waals surface area contributed by atoms with Gasteiger partial charge in [-0.05, 0) is 21.3 Å². The minimum atomic E-state index is 0.861. The predicted molar refractivity (Wildman–Crippen MR) is 59.0 cm³/mol. The van der Waals surface area contributed by atoms with Gasteiger partial charge in [-0.15, -0.1) is 0 Å². The van der Waals surface area contributed by atoms with Crippen LogP contribution in [0.4, 0.5) is 0 Å². The van der Waals surface area contributed by atoms with E-state index in [0.717, 1.165) is 16.2 Å². The summed E-state index contributed by atoms with van der Waals surface area (Å²) in [6.07, 6.45) is 0. The first-order valence-corrected chi connectivity index (χ1v) is 5.20. The van der Waals surface area contributed by atoms with Crippen molar-refractivity contribution in [3.05, 3.63) is 28.6 Å². The third kappa shape index (κ3) is 1.90. The number of rotatable bonds is 1. The summed E-state index contributed by atoms with van der Waals surface area (Å²) in [5.41, 5.74) is 0. The Morgan fingerprint density at radius 3 is 2.50 bits per heavy atom. The quantitative estimate of drug-likeness (QED) is 0.769. The number of ether oxygens (including phenoxy) is 1. The van der Waals surface area contributed by atoms with Gasteiger partial charge >= 0.3 is 0 Å². The highest BCUT2D eigenvalue weighted by atomic mass is 79.9. The van der Waals surface area contributed by atoms with Crippen molar-refractivity contribution in [2.45, 2.75) is 0 Å². The van der Waals surface area contributed by atoms with Crippen LogP contribution in [0.2, 0.25) is 0 Å². The minimum Gasteiger partial charge on any atom is -0.496 e. The van der Waals surface area contributed by atoms with Crippen molar-refractivity contribution in [2.24, 2.45) is 0 Å². The second-order valence-corrected chi connectivity index (χ2v) is 3.10. The zero-order valence-corrected chi connectivity index (χ0v) is 9.72. The summed E-state index contributed by atoms with van der Waals surface area (Å²) >= 11 is 6.59. The van der Waals surface area contributed by atoms with Crippen molar-refractivity contribution in [3.63, 3.8) is 0 Å². The molecule has 0 atom stereocenters. The summed E-state index contributed by atoms with van der Waals surface area (Å²) in [5.74, 6) is 0.861. The van der Waals surface area contributed by atoms with Crippen molar-refractivity contribution in [2.75, 3.05) is 7.11 Å². The molecule has 0 fully saturated rings. The van der Waals surface area contributed by atoms with Gasteiger partial charge in [-0.1, -0.05) is 44.0 Å². The molecule has 1 nitrogen and oxygen atoms in total. The second-order valence-electron chi connectivity index (χ2n) is 2.18. The van der Waals surface area contributed by atoms with Crippen LogP contribution < -0.4 is 15.2 Å². The predicted octanol–water partition coefficient (Wildman–Crippen LogP) is 1.96. The molecular weight excluding hydrogens is 284 g/mol. The molecule has 64 valence electrons. The number of hydrogen-bond donors (Lipinski definition) is 0. The Balaban J connectivity index is 3.56. The maximum Gasteiger partial charge on any atom is 0.127 e. The molecule has 0 amide bonds. The molecule has 0 heterocycles. The molecule has 0 aliphatic carbocycles. The van der Waals surface area contributed by atoms with Crippen LogP contribution in [0.25, 0.3) is 9.97 Å². The monoisotopic (exact) mass is 290 g/mol. The minimum absolute atomic E-state index is 0.861. The van der Waals surface area contributed by atoms with Gasteiger partial charge in [-0.3, -0.25) is 0 Å². The van der Waals surface area contributed by atoms with Crippen molar-refractivity contribution in [1.82, 2.24) is 0 Å². The summed E-state index contributed by atoms with van der Waals surface area (Å²) in [5, 5.41) is 2.13. The average molecular weight is 292 g/mol. The molecule has 1 aromatic carbocycles. The van der Waals surface area contributed by atoms with E-state index in [0.29, 0.717) is 0 Å². The molecule has 0 N–H and O–H groups in total. The van der Waals surface area contributed by atoms with E-state index in [1.165, 1.54) is 0 Å². The van der Waals surface area contributed by atoms with Gasteiger partial charge in [0, 0.05) is 5.22 Å². The Morgan fingerprint density at radius 1 is 1.25 bits per heavy atom. The maximum atomic E-state index is 5.18. The van der Waals surface area contributed by atoms with Gasteiger partial charge in [0.2, 0.25) is 0 Å². The van der Waals surface area contributed by atoms with Gasteiger partial charge in [0.05, 0.1) is 7.11 Å². The highest BCUT2D eigenvalue weighted by Crippen LogP contribution is 1.99. The molecule has 0 saturated carbocycles. The third-order valence-electron chi connectivity index (χ3n) is 1.55. The molecule has 1 rings (SSSR count). The molecule has 1 aromatic rings. The van der Waals surface area contributed by atoms with E-state index in [9.17, 15) is 0 Å². The fraction of sp³-hybridized carbons (Fsp3) is 0.111. The SMILES string of the molecule is COc1cccc(=C/Br)/c1=C\Br. The lowest BCUT2D eigenvalue weighted by molar-refractivity contribution is 0.411. The van der Waals surface area contributed by atoms with Crippen LogP contribution in [0.3, 0.4) is 0 Å². The topological polar surface area (TPSA) is 9.23 Å². The number of halogens is 2. The maximum absolute atomic E-state index is 5.18. The molecule has 0 spiro atoms. The molecular formula is C9H8Br2O. The van der Waals surface area contributed by atoms with Crippen LogP contribution in [0, 0.1) is 0 Å². The Hall–Kier alpha value is -0.280. The van der Waals surface area contributed by atoms with Gasteiger partial charge in [0.1, 0.15) is 5.75 Å².